The molecule has 1 aromatic rings. The summed E-state index contributed by atoms with van der Waals surface area (Å²) in [6.45, 7) is 1.53. The molecule has 4 N–H and O–H groups in total. The fraction of sp³-hybridized carbons (Fsp3) is 0.385. The molecule has 0 heterocycles. The lowest BCUT2D eigenvalue weighted by Crippen LogP contribution is -2.32. The Bertz CT molecular complexity index is 490. The second kappa shape index (κ2) is 6.29. The van der Waals surface area contributed by atoms with Crippen molar-refractivity contribution in [3.8, 4) is 0 Å². The van der Waals surface area contributed by atoms with Gasteiger partial charge >= 0.3 is 11.9 Å². The molecule has 0 aliphatic rings. The Morgan fingerprint density at radius 2 is 1.84 bits per heavy atom. The standard InChI is InChI=1S/C13H16FNO4/c1-7(12(16)17)4-8-2-3-10(14)5-9(8)6-11(15)13(18)19/h2-3,5,7,11H,4,6,15H2,1H3,(H,16,17)(H,18,19). The van der Waals surface area contributed by atoms with Crippen molar-refractivity contribution in [3.05, 3.63) is 35.1 Å². The summed E-state index contributed by atoms with van der Waals surface area (Å²) in [5.41, 5.74) is 6.46. The zero-order valence-corrected chi connectivity index (χ0v) is 10.5. The van der Waals surface area contributed by atoms with Gasteiger partial charge in [0.25, 0.3) is 0 Å². The van der Waals surface area contributed by atoms with E-state index < -0.39 is 29.7 Å². The van der Waals surface area contributed by atoms with Gasteiger partial charge in [-0.2, -0.15) is 0 Å². The number of benzene rings is 1. The van der Waals surface area contributed by atoms with Gasteiger partial charge in [0, 0.05) is 0 Å². The highest BCUT2D eigenvalue weighted by Crippen LogP contribution is 2.17. The summed E-state index contributed by atoms with van der Waals surface area (Å²) in [7, 11) is 0. The second-order valence-electron chi connectivity index (χ2n) is 4.51. The number of carboxylic acids is 2. The molecule has 5 nitrogen and oxygen atoms in total. The predicted octanol–water partition coefficient (Wildman–Crippen LogP) is 1.04. The van der Waals surface area contributed by atoms with Gasteiger partial charge in [0.05, 0.1) is 5.92 Å². The van der Waals surface area contributed by atoms with Crippen LogP contribution in [0.2, 0.25) is 0 Å². The van der Waals surface area contributed by atoms with Crippen LogP contribution in [-0.4, -0.2) is 28.2 Å². The smallest absolute Gasteiger partial charge is 0.320 e. The van der Waals surface area contributed by atoms with Crippen LogP contribution in [0.15, 0.2) is 18.2 Å². The van der Waals surface area contributed by atoms with Crippen molar-refractivity contribution in [2.24, 2.45) is 11.7 Å². The Morgan fingerprint density at radius 1 is 1.21 bits per heavy atom. The van der Waals surface area contributed by atoms with Gasteiger partial charge in [0.2, 0.25) is 0 Å². The van der Waals surface area contributed by atoms with Gasteiger partial charge in [-0.15, -0.1) is 0 Å². The number of halogens is 1. The Hall–Kier alpha value is -1.95. The van der Waals surface area contributed by atoms with E-state index in [-0.39, 0.29) is 12.8 Å². The van der Waals surface area contributed by atoms with Gasteiger partial charge < -0.3 is 15.9 Å². The molecule has 0 fully saturated rings. The monoisotopic (exact) mass is 269 g/mol. The largest absolute Gasteiger partial charge is 0.481 e. The summed E-state index contributed by atoms with van der Waals surface area (Å²) < 4.78 is 13.2. The normalized spacial score (nSPS) is 13.8. The highest BCUT2D eigenvalue weighted by atomic mass is 19.1. The Balaban J connectivity index is 2.97. The van der Waals surface area contributed by atoms with E-state index in [1.54, 1.807) is 0 Å². The summed E-state index contributed by atoms with van der Waals surface area (Å²) >= 11 is 0. The Morgan fingerprint density at radius 3 is 2.37 bits per heavy atom. The summed E-state index contributed by atoms with van der Waals surface area (Å²) in [4.78, 5) is 21.5. The molecular weight excluding hydrogens is 253 g/mol. The SMILES string of the molecule is CC(Cc1ccc(F)cc1CC(N)C(=O)O)C(=O)O. The highest BCUT2D eigenvalue weighted by Gasteiger charge is 2.18. The molecule has 0 saturated carbocycles. The van der Waals surface area contributed by atoms with E-state index >= 15 is 0 Å². The van der Waals surface area contributed by atoms with Crippen LogP contribution in [0.4, 0.5) is 4.39 Å². The van der Waals surface area contributed by atoms with Crippen LogP contribution in [0.1, 0.15) is 18.1 Å². The first-order chi connectivity index (χ1) is 8.81. The molecule has 0 amide bonds. The lowest BCUT2D eigenvalue weighted by molar-refractivity contribution is -0.141. The van der Waals surface area contributed by atoms with Gasteiger partial charge in [0.15, 0.2) is 0 Å². The number of hydrogen-bond donors (Lipinski definition) is 3. The number of nitrogens with two attached hydrogens (primary N) is 1. The molecule has 0 bridgehead atoms. The van der Waals surface area contributed by atoms with Crippen LogP contribution in [-0.2, 0) is 22.4 Å². The van der Waals surface area contributed by atoms with Crippen LogP contribution in [0.25, 0.3) is 0 Å². The van der Waals surface area contributed by atoms with E-state index in [2.05, 4.69) is 0 Å². The van der Waals surface area contributed by atoms with Crippen LogP contribution in [0.3, 0.4) is 0 Å². The number of hydrogen-bond acceptors (Lipinski definition) is 3. The Kier molecular flexibility index (Phi) is 5.00. The minimum Gasteiger partial charge on any atom is -0.481 e. The van der Waals surface area contributed by atoms with E-state index in [4.69, 9.17) is 15.9 Å². The number of carboxylic acid groups (broad SMARTS) is 2. The van der Waals surface area contributed by atoms with Crippen molar-refractivity contribution >= 4 is 11.9 Å². The van der Waals surface area contributed by atoms with E-state index in [1.165, 1.54) is 25.1 Å². The van der Waals surface area contributed by atoms with Crippen LogP contribution >= 0.6 is 0 Å². The maximum Gasteiger partial charge on any atom is 0.320 e. The lowest BCUT2D eigenvalue weighted by atomic mass is 9.93. The maximum absolute atomic E-state index is 13.2. The lowest BCUT2D eigenvalue weighted by Gasteiger charge is -2.14. The zero-order chi connectivity index (χ0) is 14.6. The maximum atomic E-state index is 13.2. The van der Waals surface area contributed by atoms with Crippen molar-refractivity contribution in [3.63, 3.8) is 0 Å². The summed E-state index contributed by atoms with van der Waals surface area (Å²) in [5.74, 6) is -3.27. The molecule has 6 heteroatoms. The summed E-state index contributed by atoms with van der Waals surface area (Å²) in [5, 5.41) is 17.6. The number of rotatable bonds is 6. The number of carbonyl (C=O) groups is 2. The summed E-state index contributed by atoms with van der Waals surface area (Å²) in [6, 6.07) is 2.76. The van der Waals surface area contributed by atoms with Crippen molar-refractivity contribution in [1.29, 1.82) is 0 Å². The minimum absolute atomic E-state index is 0.0330. The average Bonchev–Trinajstić information content (AvgIpc) is 2.32. The molecule has 0 aromatic heterocycles. The molecular formula is C13H16FNO4. The minimum atomic E-state index is -1.18. The molecule has 0 saturated heterocycles. The molecule has 104 valence electrons. The van der Waals surface area contributed by atoms with Crippen molar-refractivity contribution in [2.75, 3.05) is 0 Å². The van der Waals surface area contributed by atoms with E-state index in [0.717, 1.165) is 0 Å². The first kappa shape index (κ1) is 15.1. The third-order valence-corrected chi connectivity index (χ3v) is 2.87. The summed E-state index contributed by atoms with van der Waals surface area (Å²) in [6.07, 6.45) is 0.173. The van der Waals surface area contributed by atoms with Gasteiger partial charge in [-0.05, 0) is 36.1 Å². The fourth-order valence-electron chi connectivity index (χ4n) is 1.73. The highest BCUT2D eigenvalue weighted by molar-refractivity contribution is 5.73. The molecule has 1 rings (SSSR count). The van der Waals surface area contributed by atoms with Crippen molar-refractivity contribution in [1.82, 2.24) is 0 Å². The molecule has 2 unspecified atom stereocenters. The van der Waals surface area contributed by atoms with E-state index in [1.807, 2.05) is 0 Å². The number of aliphatic carboxylic acids is 2. The molecule has 19 heavy (non-hydrogen) atoms. The van der Waals surface area contributed by atoms with Crippen molar-refractivity contribution < 1.29 is 24.2 Å². The average molecular weight is 269 g/mol. The fourth-order valence-corrected chi connectivity index (χ4v) is 1.73. The van der Waals surface area contributed by atoms with E-state index in [9.17, 15) is 14.0 Å². The third-order valence-electron chi connectivity index (χ3n) is 2.87. The van der Waals surface area contributed by atoms with Gasteiger partial charge in [-0.1, -0.05) is 13.0 Å². The van der Waals surface area contributed by atoms with Crippen LogP contribution in [0, 0.1) is 11.7 Å². The van der Waals surface area contributed by atoms with E-state index in [0.29, 0.717) is 11.1 Å². The Labute approximate surface area is 109 Å². The zero-order valence-electron chi connectivity index (χ0n) is 10.5. The predicted molar refractivity (Wildman–Crippen MR) is 66.2 cm³/mol. The molecule has 1 aromatic carbocycles. The van der Waals surface area contributed by atoms with Gasteiger partial charge in [-0.3, -0.25) is 9.59 Å². The quantitative estimate of drug-likeness (QED) is 0.716. The van der Waals surface area contributed by atoms with Crippen LogP contribution in [0.5, 0.6) is 0 Å². The van der Waals surface area contributed by atoms with Gasteiger partial charge in [0.1, 0.15) is 11.9 Å². The first-order valence-corrected chi connectivity index (χ1v) is 5.79. The van der Waals surface area contributed by atoms with Crippen LogP contribution < -0.4 is 5.73 Å². The third kappa shape index (κ3) is 4.33. The molecule has 0 spiro atoms. The second-order valence-corrected chi connectivity index (χ2v) is 4.51. The molecule has 0 aliphatic heterocycles. The molecule has 0 aliphatic carbocycles. The molecule has 2 atom stereocenters. The first-order valence-electron chi connectivity index (χ1n) is 5.79. The van der Waals surface area contributed by atoms with Crippen molar-refractivity contribution in [2.45, 2.75) is 25.8 Å². The topological polar surface area (TPSA) is 101 Å². The molecule has 0 radical (unpaired) electrons. The van der Waals surface area contributed by atoms with Gasteiger partial charge in [-0.25, -0.2) is 4.39 Å².